The summed E-state index contributed by atoms with van der Waals surface area (Å²) in [5.41, 5.74) is 0.182. The summed E-state index contributed by atoms with van der Waals surface area (Å²) in [4.78, 5) is 2.61. The van der Waals surface area contributed by atoms with Gasteiger partial charge in [0.25, 0.3) is 0 Å². The summed E-state index contributed by atoms with van der Waals surface area (Å²) in [5, 5.41) is 3.25. The summed E-state index contributed by atoms with van der Waals surface area (Å²) in [6.07, 6.45) is 1.27. The van der Waals surface area contributed by atoms with E-state index in [0.717, 1.165) is 6.54 Å². The van der Waals surface area contributed by atoms with Crippen LogP contribution < -0.4 is 5.32 Å². The van der Waals surface area contributed by atoms with Crippen molar-refractivity contribution in [2.75, 3.05) is 12.0 Å². The molecule has 1 unspecified atom stereocenters. The van der Waals surface area contributed by atoms with E-state index < -0.39 is 9.84 Å². The van der Waals surface area contributed by atoms with Crippen LogP contribution in [0.5, 0.6) is 0 Å². The average molecular weight is 289 g/mol. The van der Waals surface area contributed by atoms with Crippen molar-refractivity contribution in [2.24, 2.45) is 0 Å². The molecule has 0 spiro atoms. The molecule has 1 aromatic heterocycles. The number of sulfone groups is 1. The predicted octanol–water partition coefficient (Wildman–Crippen LogP) is 2.57. The summed E-state index contributed by atoms with van der Waals surface area (Å²) in [5.74, 6) is 0.185. The fourth-order valence-corrected chi connectivity index (χ4v) is 3.71. The molecule has 104 valence electrons. The van der Waals surface area contributed by atoms with E-state index in [1.807, 2.05) is 6.92 Å². The Morgan fingerprint density at radius 3 is 2.39 bits per heavy atom. The summed E-state index contributed by atoms with van der Waals surface area (Å²) in [6.45, 7) is 9.23. The molecule has 1 aromatic rings. The Morgan fingerprint density at radius 2 is 1.94 bits per heavy atom. The lowest BCUT2D eigenvalue weighted by molar-refractivity contribution is 0.562. The van der Waals surface area contributed by atoms with Gasteiger partial charge in [0.2, 0.25) is 0 Å². The first kappa shape index (κ1) is 15.7. The highest BCUT2D eigenvalue weighted by Crippen LogP contribution is 2.29. The van der Waals surface area contributed by atoms with Gasteiger partial charge in [-0.1, -0.05) is 20.8 Å². The van der Waals surface area contributed by atoms with E-state index >= 15 is 0 Å². The van der Waals surface area contributed by atoms with E-state index in [1.165, 1.54) is 16.0 Å². The molecule has 0 bridgehead atoms. The second-order valence-corrected chi connectivity index (χ2v) is 9.24. The molecular formula is C13H23NO2S2. The van der Waals surface area contributed by atoms with E-state index in [1.54, 1.807) is 11.3 Å². The third kappa shape index (κ3) is 5.50. The standard InChI is InChI=1S/C13H23NO2S2/c1-10(9-18(5,15)16)14-8-11-6-7-12(17-11)13(2,3)4/h6-7,10,14H,8-9H2,1-5H3. The van der Waals surface area contributed by atoms with E-state index in [2.05, 4.69) is 38.2 Å². The molecule has 18 heavy (non-hydrogen) atoms. The smallest absolute Gasteiger partial charge is 0.148 e. The number of hydrogen-bond acceptors (Lipinski definition) is 4. The maximum atomic E-state index is 11.2. The minimum absolute atomic E-state index is 0.0137. The van der Waals surface area contributed by atoms with Crippen LogP contribution in [0.15, 0.2) is 12.1 Å². The fraction of sp³-hybridized carbons (Fsp3) is 0.692. The van der Waals surface area contributed by atoms with E-state index in [0.29, 0.717) is 0 Å². The zero-order valence-corrected chi connectivity index (χ0v) is 13.4. The van der Waals surface area contributed by atoms with Gasteiger partial charge in [-0.3, -0.25) is 0 Å². The molecule has 0 aromatic carbocycles. The predicted molar refractivity (Wildman–Crippen MR) is 79.0 cm³/mol. The van der Waals surface area contributed by atoms with Crippen LogP contribution in [0.3, 0.4) is 0 Å². The van der Waals surface area contributed by atoms with Crippen molar-refractivity contribution in [1.29, 1.82) is 0 Å². The number of rotatable bonds is 5. The molecule has 0 aliphatic carbocycles. The van der Waals surface area contributed by atoms with Gasteiger partial charge in [-0.05, 0) is 24.5 Å². The molecule has 1 N–H and O–H groups in total. The van der Waals surface area contributed by atoms with Crippen molar-refractivity contribution >= 4 is 21.2 Å². The summed E-state index contributed by atoms with van der Waals surface area (Å²) < 4.78 is 22.3. The third-order valence-corrected chi connectivity index (χ3v) is 5.19. The zero-order chi connectivity index (χ0) is 14.0. The van der Waals surface area contributed by atoms with Crippen molar-refractivity contribution in [3.8, 4) is 0 Å². The maximum absolute atomic E-state index is 11.2. The second-order valence-electron chi connectivity index (χ2n) is 5.89. The van der Waals surface area contributed by atoms with Crippen LogP contribution >= 0.6 is 11.3 Å². The first-order chi connectivity index (χ1) is 8.08. The Kier molecular flexibility index (Phi) is 4.98. The van der Waals surface area contributed by atoms with Gasteiger partial charge < -0.3 is 5.32 Å². The van der Waals surface area contributed by atoms with Crippen molar-refractivity contribution in [3.05, 3.63) is 21.9 Å². The van der Waals surface area contributed by atoms with Crippen LogP contribution in [0.1, 0.15) is 37.4 Å². The number of hydrogen-bond donors (Lipinski definition) is 1. The highest BCUT2D eigenvalue weighted by Gasteiger charge is 2.16. The zero-order valence-electron chi connectivity index (χ0n) is 11.8. The highest BCUT2D eigenvalue weighted by atomic mass is 32.2. The van der Waals surface area contributed by atoms with Crippen molar-refractivity contribution in [3.63, 3.8) is 0 Å². The largest absolute Gasteiger partial charge is 0.308 e. The minimum atomic E-state index is -2.90. The molecule has 0 aliphatic rings. The Labute approximate surface area is 115 Å². The van der Waals surface area contributed by atoms with Crippen molar-refractivity contribution in [1.82, 2.24) is 5.32 Å². The van der Waals surface area contributed by atoms with E-state index in [4.69, 9.17) is 0 Å². The average Bonchev–Trinajstić information content (AvgIpc) is 2.59. The molecule has 1 heterocycles. The van der Waals surface area contributed by atoms with Crippen LogP contribution in [0.2, 0.25) is 0 Å². The minimum Gasteiger partial charge on any atom is -0.308 e. The number of thiophene rings is 1. The topological polar surface area (TPSA) is 46.2 Å². The van der Waals surface area contributed by atoms with Gasteiger partial charge in [-0.2, -0.15) is 0 Å². The van der Waals surface area contributed by atoms with E-state index in [9.17, 15) is 8.42 Å². The van der Waals surface area contributed by atoms with Crippen molar-refractivity contribution in [2.45, 2.75) is 45.7 Å². The summed E-state index contributed by atoms with van der Waals surface area (Å²) >= 11 is 1.79. The molecule has 0 saturated heterocycles. The van der Waals surface area contributed by atoms with Crippen LogP contribution in [-0.2, 0) is 21.8 Å². The van der Waals surface area contributed by atoms with Gasteiger partial charge in [0, 0.05) is 28.6 Å². The lowest BCUT2D eigenvalue weighted by atomic mass is 9.95. The lowest BCUT2D eigenvalue weighted by Crippen LogP contribution is -2.31. The highest BCUT2D eigenvalue weighted by molar-refractivity contribution is 7.90. The molecule has 0 saturated carbocycles. The lowest BCUT2D eigenvalue weighted by Gasteiger charge is -2.15. The van der Waals surface area contributed by atoms with Crippen LogP contribution in [0, 0.1) is 0 Å². The first-order valence-corrected chi connectivity index (χ1v) is 8.96. The van der Waals surface area contributed by atoms with Crippen LogP contribution in [0.25, 0.3) is 0 Å². The van der Waals surface area contributed by atoms with Gasteiger partial charge in [0.05, 0.1) is 5.75 Å². The van der Waals surface area contributed by atoms with Crippen LogP contribution in [0.4, 0.5) is 0 Å². The van der Waals surface area contributed by atoms with E-state index in [-0.39, 0.29) is 17.2 Å². The molecule has 0 radical (unpaired) electrons. The fourth-order valence-electron chi connectivity index (χ4n) is 1.66. The van der Waals surface area contributed by atoms with Gasteiger partial charge in [-0.25, -0.2) is 8.42 Å². The second kappa shape index (κ2) is 5.72. The van der Waals surface area contributed by atoms with Gasteiger partial charge in [0.15, 0.2) is 0 Å². The normalized spacial score (nSPS) is 14.7. The molecule has 0 aliphatic heterocycles. The maximum Gasteiger partial charge on any atom is 0.148 e. The molecule has 0 amide bonds. The van der Waals surface area contributed by atoms with Crippen LogP contribution in [-0.4, -0.2) is 26.5 Å². The van der Waals surface area contributed by atoms with Crippen molar-refractivity contribution < 1.29 is 8.42 Å². The summed E-state index contributed by atoms with van der Waals surface area (Å²) in [7, 11) is -2.90. The first-order valence-electron chi connectivity index (χ1n) is 6.08. The molecule has 0 fully saturated rings. The molecule has 1 rings (SSSR count). The Balaban J connectivity index is 2.52. The van der Waals surface area contributed by atoms with Gasteiger partial charge in [-0.15, -0.1) is 11.3 Å². The number of nitrogens with one attached hydrogen (secondary N) is 1. The Bertz CT molecular complexity index is 483. The Hall–Kier alpha value is -0.390. The molecule has 3 nitrogen and oxygen atoms in total. The monoisotopic (exact) mass is 289 g/mol. The Morgan fingerprint density at radius 1 is 1.33 bits per heavy atom. The molecular weight excluding hydrogens is 266 g/mol. The SMILES string of the molecule is CC(CS(C)(=O)=O)NCc1ccc(C(C)(C)C)s1. The molecule has 1 atom stereocenters. The van der Waals surface area contributed by atoms with Gasteiger partial charge >= 0.3 is 0 Å². The third-order valence-electron chi connectivity index (χ3n) is 2.58. The quantitative estimate of drug-likeness (QED) is 0.906. The van der Waals surface area contributed by atoms with Gasteiger partial charge in [0.1, 0.15) is 9.84 Å². The molecule has 5 heteroatoms. The summed E-state index contributed by atoms with van der Waals surface area (Å²) in [6, 6.07) is 4.26.